The highest BCUT2D eigenvalue weighted by molar-refractivity contribution is 5.13. The lowest BCUT2D eigenvalue weighted by atomic mass is 10.1. The lowest BCUT2D eigenvalue weighted by Crippen LogP contribution is -2.25. The first kappa shape index (κ1) is 7.13. The summed E-state index contributed by atoms with van der Waals surface area (Å²) in [5.74, 6) is 0. The van der Waals surface area contributed by atoms with Crippen LogP contribution in [0.3, 0.4) is 0 Å². The van der Waals surface area contributed by atoms with Gasteiger partial charge in [0, 0.05) is 7.05 Å². The molecule has 10 heavy (non-hydrogen) atoms. The van der Waals surface area contributed by atoms with Crippen LogP contribution in [0.15, 0.2) is 37.1 Å². The predicted octanol–water partition coefficient (Wildman–Crippen LogP) is 1.95. The van der Waals surface area contributed by atoms with Crippen LogP contribution >= 0.6 is 0 Å². The molecule has 1 atom stereocenters. The van der Waals surface area contributed by atoms with E-state index in [1.807, 2.05) is 12.2 Å². The van der Waals surface area contributed by atoms with E-state index in [9.17, 15) is 0 Å². The van der Waals surface area contributed by atoms with E-state index in [-0.39, 0.29) is 0 Å². The van der Waals surface area contributed by atoms with E-state index in [1.165, 1.54) is 0 Å². The highest BCUT2D eigenvalue weighted by Gasteiger charge is 2.06. The van der Waals surface area contributed by atoms with Crippen molar-refractivity contribution >= 4 is 0 Å². The van der Waals surface area contributed by atoms with Crippen molar-refractivity contribution in [3.8, 4) is 0 Å². The van der Waals surface area contributed by atoms with Crippen LogP contribution in [0.1, 0.15) is 6.42 Å². The fourth-order valence-corrected chi connectivity index (χ4v) is 1.04. The molecule has 1 heterocycles. The maximum Gasteiger partial charge on any atom is 0.0501 e. The van der Waals surface area contributed by atoms with Gasteiger partial charge in [-0.3, -0.25) is 0 Å². The van der Waals surface area contributed by atoms with Gasteiger partial charge in [0.2, 0.25) is 0 Å². The molecule has 1 aliphatic rings. The van der Waals surface area contributed by atoms with Gasteiger partial charge in [-0.2, -0.15) is 0 Å². The second-order valence-electron chi connectivity index (χ2n) is 2.48. The molecule has 1 heteroatoms. The molecule has 0 saturated carbocycles. The summed E-state index contributed by atoms with van der Waals surface area (Å²) in [6.45, 7) is 3.70. The first-order chi connectivity index (χ1) is 4.84. The van der Waals surface area contributed by atoms with Crippen molar-refractivity contribution in [1.29, 1.82) is 0 Å². The molecular weight excluding hydrogens is 122 g/mol. The quantitative estimate of drug-likeness (QED) is 0.523. The van der Waals surface area contributed by atoms with E-state index in [0.717, 1.165) is 6.42 Å². The van der Waals surface area contributed by atoms with Crippen LogP contribution < -0.4 is 0 Å². The molecule has 1 unspecified atom stereocenters. The summed E-state index contributed by atoms with van der Waals surface area (Å²) in [5, 5.41) is 0. The van der Waals surface area contributed by atoms with Crippen molar-refractivity contribution in [1.82, 2.24) is 4.90 Å². The van der Waals surface area contributed by atoms with Crippen molar-refractivity contribution in [3.05, 3.63) is 37.1 Å². The maximum atomic E-state index is 3.70. The summed E-state index contributed by atoms with van der Waals surface area (Å²) >= 11 is 0. The van der Waals surface area contributed by atoms with Gasteiger partial charge >= 0.3 is 0 Å². The Labute approximate surface area is 62.3 Å². The van der Waals surface area contributed by atoms with Crippen LogP contribution in [0.2, 0.25) is 0 Å². The molecule has 0 aromatic rings. The molecule has 0 fully saturated rings. The van der Waals surface area contributed by atoms with E-state index in [2.05, 4.69) is 36.9 Å². The lowest BCUT2D eigenvalue weighted by molar-refractivity contribution is 0.382. The predicted molar refractivity (Wildman–Crippen MR) is 44.6 cm³/mol. The van der Waals surface area contributed by atoms with Crippen LogP contribution in [-0.2, 0) is 0 Å². The average molecular weight is 135 g/mol. The van der Waals surface area contributed by atoms with E-state index in [0.29, 0.717) is 6.04 Å². The SMILES string of the molecule is C=CCC1C=CC=CN1C. The standard InChI is InChI=1S/C9H13N/c1-3-6-9-7-4-5-8-10(9)2/h3-5,7-9H,1,6H2,2H3. The Kier molecular flexibility index (Phi) is 2.32. The minimum atomic E-state index is 0.516. The van der Waals surface area contributed by atoms with Gasteiger partial charge in [-0.25, -0.2) is 0 Å². The Morgan fingerprint density at radius 2 is 2.40 bits per heavy atom. The Morgan fingerprint density at radius 1 is 1.60 bits per heavy atom. The fraction of sp³-hybridized carbons (Fsp3) is 0.333. The number of nitrogens with zero attached hydrogens (tertiary/aromatic N) is 1. The molecule has 0 radical (unpaired) electrons. The highest BCUT2D eigenvalue weighted by atomic mass is 15.1. The molecule has 54 valence electrons. The van der Waals surface area contributed by atoms with Gasteiger partial charge in [-0.1, -0.05) is 18.2 Å². The highest BCUT2D eigenvalue weighted by Crippen LogP contribution is 2.08. The third kappa shape index (κ3) is 1.50. The van der Waals surface area contributed by atoms with Crippen LogP contribution in [0.4, 0.5) is 0 Å². The average Bonchev–Trinajstić information content (AvgIpc) is 1.94. The zero-order valence-corrected chi connectivity index (χ0v) is 6.33. The number of hydrogen-bond acceptors (Lipinski definition) is 1. The number of hydrogen-bond donors (Lipinski definition) is 0. The molecule has 1 aliphatic heterocycles. The van der Waals surface area contributed by atoms with Crippen LogP contribution in [0.25, 0.3) is 0 Å². The molecule has 0 amide bonds. The molecule has 0 spiro atoms. The normalized spacial score (nSPS) is 23.3. The first-order valence-corrected chi connectivity index (χ1v) is 3.52. The van der Waals surface area contributed by atoms with Crippen LogP contribution in [0.5, 0.6) is 0 Å². The van der Waals surface area contributed by atoms with E-state index in [4.69, 9.17) is 0 Å². The Bertz CT molecular complexity index is 168. The molecule has 0 aromatic carbocycles. The summed E-state index contributed by atoms with van der Waals surface area (Å²) in [7, 11) is 2.08. The Balaban J connectivity index is 2.52. The van der Waals surface area contributed by atoms with Gasteiger partial charge in [0.15, 0.2) is 0 Å². The lowest BCUT2D eigenvalue weighted by Gasteiger charge is -2.24. The number of likely N-dealkylation sites (N-methyl/N-ethyl adjacent to an activating group) is 1. The van der Waals surface area contributed by atoms with Crippen LogP contribution in [-0.4, -0.2) is 18.0 Å². The fourth-order valence-electron chi connectivity index (χ4n) is 1.04. The zero-order valence-electron chi connectivity index (χ0n) is 6.33. The first-order valence-electron chi connectivity index (χ1n) is 3.52. The third-order valence-electron chi connectivity index (χ3n) is 1.70. The van der Waals surface area contributed by atoms with Gasteiger partial charge in [0.05, 0.1) is 6.04 Å². The molecule has 0 bridgehead atoms. The smallest absolute Gasteiger partial charge is 0.0501 e. The second kappa shape index (κ2) is 3.25. The van der Waals surface area contributed by atoms with Crippen molar-refractivity contribution in [2.45, 2.75) is 12.5 Å². The van der Waals surface area contributed by atoms with Crippen molar-refractivity contribution in [3.63, 3.8) is 0 Å². The van der Waals surface area contributed by atoms with Crippen molar-refractivity contribution in [2.24, 2.45) is 0 Å². The largest absolute Gasteiger partial charge is 0.374 e. The Hall–Kier alpha value is -0.980. The van der Waals surface area contributed by atoms with E-state index < -0.39 is 0 Å². The number of allylic oxidation sites excluding steroid dienone is 2. The third-order valence-corrected chi connectivity index (χ3v) is 1.70. The summed E-state index contributed by atoms with van der Waals surface area (Å²) in [6.07, 6.45) is 11.4. The molecule has 0 aliphatic carbocycles. The molecular formula is C9H13N. The molecule has 1 rings (SSSR count). The van der Waals surface area contributed by atoms with Gasteiger partial charge in [-0.05, 0) is 18.7 Å². The maximum absolute atomic E-state index is 3.70. The van der Waals surface area contributed by atoms with Gasteiger partial charge in [-0.15, -0.1) is 6.58 Å². The monoisotopic (exact) mass is 135 g/mol. The second-order valence-corrected chi connectivity index (χ2v) is 2.48. The minimum Gasteiger partial charge on any atom is -0.374 e. The molecule has 1 nitrogen and oxygen atoms in total. The molecule has 0 N–H and O–H groups in total. The molecule has 0 saturated heterocycles. The molecule has 0 aromatic heterocycles. The van der Waals surface area contributed by atoms with Crippen molar-refractivity contribution in [2.75, 3.05) is 7.05 Å². The summed E-state index contributed by atoms with van der Waals surface area (Å²) in [6, 6.07) is 0.516. The van der Waals surface area contributed by atoms with Gasteiger partial charge in [0.1, 0.15) is 0 Å². The van der Waals surface area contributed by atoms with E-state index in [1.54, 1.807) is 0 Å². The Morgan fingerprint density at radius 3 is 3.00 bits per heavy atom. The minimum absolute atomic E-state index is 0.516. The van der Waals surface area contributed by atoms with Crippen molar-refractivity contribution < 1.29 is 0 Å². The number of rotatable bonds is 2. The summed E-state index contributed by atoms with van der Waals surface area (Å²) in [5.41, 5.74) is 0. The van der Waals surface area contributed by atoms with Gasteiger partial charge in [0.25, 0.3) is 0 Å². The van der Waals surface area contributed by atoms with E-state index >= 15 is 0 Å². The summed E-state index contributed by atoms with van der Waals surface area (Å²) < 4.78 is 0. The van der Waals surface area contributed by atoms with Gasteiger partial charge < -0.3 is 4.90 Å². The summed E-state index contributed by atoms with van der Waals surface area (Å²) in [4.78, 5) is 2.18. The van der Waals surface area contributed by atoms with Crippen LogP contribution in [0, 0.1) is 0 Å². The topological polar surface area (TPSA) is 3.24 Å². The zero-order chi connectivity index (χ0) is 7.40.